The van der Waals surface area contributed by atoms with Crippen molar-refractivity contribution in [3.63, 3.8) is 0 Å². The lowest BCUT2D eigenvalue weighted by molar-refractivity contribution is 0.660. The summed E-state index contributed by atoms with van der Waals surface area (Å²) in [6.07, 6.45) is 0. The van der Waals surface area contributed by atoms with Crippen LogP contribution in [0.1, 0.15) is 72.2 Å². The first kappa shape index (κ1) is 34.0. The second-order valence-corrected chi connectivity index (χ2v) is 18.4. The Morgan fingerprint density at radius 3 is 1.48 bits per heavy atom. The van der Waals surface area contributed by atoms with Crippen LogP contribution < -0.4 is 4.90 Å². The SMILES string of the molecule is CC1(C)c2ccccc2-c2ccc(N(c3cccc4c3-c3ccccc3C4(C)C)c3cccc4c3-c3ccccc3C43c4ccccc4-c4c3ccc3ccccc43)cc21. The number of fused-ring (bicyclic) bond motifs is 18. The van der Waals surface area contributed by atoms with E-state index in [4.69, 9.17) is 0 Å². The molecule has 0 aliphatic heterocycles. The zero-order valence-electron chi connectivity index (χ0n) is 34.3. The fourth-order valence-corrected chi connectivity index (χ4v) is 12.3. The number of rotatable bonds is 3. The number of nitrogens with zero attached hydrogens (tertiary/aromatic N) is 1. The highest BCUT2D eigenvalue weighted by Gasteiger charge is 2.53. The van der Waals surface area contributed by atoms with Gasteiger partial charge in [-0.05, 0) is 113 Å². The average molecular weight is 766 g/mol. The molecule has 0 bridgehead atoms. The van der Waals surface area contributed by atoms with E-state index in [2.05, 4.69) is 221 Å². The fourth-order valence-electron chi connectivity index (χ4n) is 12.3. The van der Waals surface area contributed by atoms with Gasteiger partial charge in [0.05, 0.1) is 16.8 Å². The Kier molecular flexibility index (Phi) is 6.57. The Morgan fingerprint density at radius 1 is 0.317 bits per heavy atom. The maximum Gasteiger partial charge on any atom is 0.0726 e. The van der Waals surface area contributed by atoms with Crippen LogP contribution >= 0.6 is 0 Å². The first-order valence-electron chi connectivity index (χ1n) is 21.4. The van der Waals surface area contributed by atoms with Crippen LogP contribution in [0.25, 0.3) is 55.3 Å². The van der Waals surface area contributed by atoms with Gasteiger partial charge in [0.2, 0.25) is 0 Å². The van der Waals surface area contributed by atoms with Crippen LogP contribution in [0.3, 0.4) is 0 Å². The van der Waals surface area contributed by atoms with Gasteiger partial charge in [0.15, 0.2) is 0 Å². The second kappa shape index (κ2) is 11.6. The van der Waals surface area contributed by atoms with Gasteiger partial charge < -0.3 is 4.90 Å². The summed E-state index contributed by atoms with van der Waals surface area (Å²) in [6, 6.07) is 71.6. The molecule has 60 heavy (non-hydrogen) atoms. The predicted octanol–water partition coefficient (Wildman–Crippen LogP) is 15.3. The largest absolute Gasteiger partial charge is 0.309 e. The van der Waals surface area contributed by atoms with Crippen molar-refractivity contribution in [2.75, 3.05) is 4.90 Å². The van der Waals surface area contributed by atoms with Gasteiger partial charge in [-0.3, -0.25) is 0 Å². The highest BCUT2D eigenvalue weighted by atomic mass is 15.1. The summed E-state index contributed by atoms with van der Waals surface area (Å²) in [5.74, 6) is 0. The van der Waals surface area contributed by atoms with E-state index in [1.165, 1.54) is 117 Å². The van der Waals surface area contributed by atoms with Gasteiger partial charge in [-0.2, -0.15) is 0 Å². The molecular weight excluding hydrogens is 723 g/mol. The van der Waals surface area contributed by atoms with Gasteiger partial charge in [-0.1, -0.05) is 191 Å². The van der Waals surface area contributed by atoms with Gasteiger partial charge in [-0.25, -0.2) is 0 Å². The Balaban J connectivity index is 1.14. The van der Waals surface area contributed by atoms with Crippen molar-refractivity contribution < 1.29 is 0 Å². The quantitative estimate of drug-likeness (QED) is 0.173. The second-order valence-electron chi connectivity index (χ2n) is 18.4. The Labute approximate surface area is 352 Å². The molecule has 9 aromatic rings. The Bertz CT molecular complexity index is 3340. The van der Waals surface area contributed by atoms with Crippen LogP contribution in [0.4, 0.5) is 17.1 Å². The van der Waals surface area contributed by atoms with E-state index in [9.17, 15) is 0 Å². The van der Waals surface area contributed by atoms with Crippen LogP contribution in [-0.4, -0.2) is 0 Å². The molecular formula is C59H43N. The lowest BCUT2D eigenvalue weighted by Gasteiger charge is -2.33. The highest BCUT2D eigenvalue weighted by molar-refractivity contribution is 6.08. The van der Waals surface area contributed by atoms with Crippen molar-refractivity contribution in [2.45, 2.75) is 43.9 Å². The first-order chi connectivity index (χ1) is 29.3. The van der Waals surface area contributed by atoms with Crippen LogP contribution in [0, 0.1) is 0 Å². The summed E-state index contributed by atoms with van der Waals surface area (Å²) in [5.41, 5.74) is 24.4. The Hall–Kier alpha value is -6.96. The van der Waals surface area contributed by atoms with Crippen molar-refractivity contribution in [1.82, 2.24) is 0 Å². The summed E-state index contributed by atoms with van der Waals surface area (Å²) < 4.78 is 0. The highest BCUT2D eigenvalue weighted by Crippen LogP contribution is 2.66. The molecule has 1 unspecified atom stereocenters. The lowest BCUT2D eigenvalue weighted by Crippen LogP contribution is -2.26. The maximum atomic E-state index is 2.62. The molecule has 0 saturated heterocycles. The molecule has 0 fully saturated rings. The zero-order chi connectivity index (χ0) is 40.1. The molecule has 1 nitrogen and oxygen atoms in total. The summed E-state index contributed by atoms with van der Waals surface area (Å²) in [5, 5.41) is 2.59. The molecule has 1 heteroatoms. The third-order valence-electron chi connectivity index (χ3n) is 14.9. The van der Waals surface area contributed by atoms with E-state index < -0.39 is 5.41 Å². The monoisotopic (exact) mass is 765 g/mol. The summed E-state index contributed by atoms with van der Waals surface area (Å²) in [4.78, 5) is 2.62. The minimum absolute atomic E-state index is 0.134. The van der Waals surface area contributed by atoms with Crippen molar-refractivity contribution >= 4 is 27.8 Å². The number of benzene rings is 9. The molecule has 0 N–H and O–H groups in total. The molecule has 0 heterocycles. The topological polar surface area (TPSA) is 3.24 Å². The van der Waals surface area contributed by atoms with Crippen molar-refractivity contribution in [3.8, 4) is 44.5 Å². The van der Waals surface area contributed by atoms with E-state index >= 15 is 0 Å². The predicted molar refractivity (Wildman–Crippen MR) is 250 cm³/mol. The van der Waals surface area contributed by atoms with Crippen molar-refractivity contribution in [3.05, 3.63) is 233 Å². The molecule has 0 radical (unpaired) electrons. The maximum absolute atomic E-state index is 2.62. The molecule has 9 aromatic carbocycles. The van der Waals surface area contributed by atoms with Gasteiger partial charge in [0, 0.05) is 27.6 Å². The smallest absolute Gasteiger partial charge is 0.0726 e. The standard InChI is InChI=1S/C59H43N/c1-57(2)45-24-12-8-20-41(45)55-48(57)27-15-29-52(55)60(37-32-33-40-39-19-7-11-23-44(39)58(3,4)51(40)35-37)53-30-16-28-49-56(53)43-22-10-14-26-47(43)59(49)46-25-13-9-21-42(46)54-38-18-6-5-17-36(38)31-34-50(54)59/h5-35H,1-4H3. The molecule has 1 atom stereocenters. The molecule has 13 rings (SSSR count). The van der Waals surface area contributed by atoms with E-state index in [1.807, 2.05) is 0 Å². The average Bonchev–Trinajstić information content (AvgIpc) is 3.92. The minimum atomic E-state index is -0.474. The summed E-state index contributed by atoms with van der Waals surface area (Å²) in [6.45, 7) is 9.56. The third kappa shape index (κ3) is 4.03. The summed E-state index contributed by atoms with van der Waals surface area (Å²) >= 11 is 0. The summed E-state index contributed by atoms with van der Waals surface area (Å²) in [7, 11) is 0. The van der Waals surface area contributed by atoms with Gasteiger partial charge in [0.1, 0.15) is 0 Å². The molecule has 4 aliphatic rings. The number of anilines is 3. The van der Waals surface area contributed by atoms with Crippen LogP contribution in [-0.2, 0) is 16.2 Å². The third-order valence-corrected chi connectivity index (χ3v) is 14.9. The zero-order valence-corrected chi connectivity index (χ0v) is 34.3. The van der Waals surface area contributed by atoms with Gasteiger partial charge in [-0.15, -0.1) is 0 Å². The van der Waals surface area contributed by atoms with Crippen LogP contribution in [0.15, 0.2) is 188 Å². The van der Waals surface area contributed by atoms with Gasteiger partial charge >= 0.3 is 0 Å². The molecule has 0 saturated carbocycles. The van der Waals surface area contributed by atoms with E-state index in [0.717, 1.165) is 0 Å². The van der Waals surface area contributed by atoms with E-state index in [-0.39, 0.29) is 10.8 Å². The molecule has 0 amide bonds. The van der Waals surface area contributed by atoms with Crippen molar-refractivity contribution in [2.24, 2.45) is 0 Å². The molecule has 284 valence electrons. The van der Waals surface area contributed by atoms with E-state index in [0.29, 0.717) is 0 Å². The van der Waals surface area contributed by atoms with Crippen LogP contribution in [0.5, 0.6) is 0 Å². The number of hydrogen-bond acceptors (Lipinski definition) is 1. The lowest BCUT2D eigenvalue weighted by atomic mass is 9.70. The number of hydrogen-bond donors (Lipinski definition) is 0. The molecule has 0 aromatic heterocycles. The molecule has 1 spiro atoms. The van der Waals surface area contributed by atoms with Crippen LogP contribution in [0.2, 0.25) is 0 Å². The first-order valence-corrected chi connectivity index (χ1v) is 21.4. The Morgan fingerprint density at radius 2 is 0.783 bits per heavy atom. The fraction of sp³-hybridized carbons (Fsp3) is 0.119. The molecule has 4 aliphatic carbocycles. The minimum Gasteiger partial charge on any atom is -0.309 e. The van der Waals surface area contributed by atoms with Crippen molar-refractivity contribution in [1.29, 1.82) is 0 Å². The van der Waals surface area contributed by atoms with Gasteiger partial charge in [0.25, 0.3) is 0 Å². The van der Waals surface area contributed by atoms with E-state index in [1.54, 1.807) is 0 Å². The normalized spacial score (nSPS) is 17.3.